The van der Waals surface area contributed by atoms with Gasteiger partial charge < -0.3 is 29.4 Å². The Morgan fingerprint density at radius 2 is 1.30 bits per heavy atom. The summed E-state index contributed by atoms with van der Waals surface area (Å²) in [7, 11) is 3.35. The van der Waals surface area contributed by atoms with E-state index in [9.17, 15) is 9.90 Å². The molecular weight excluding hydrogens is 867 g/mol. The van der Waals surface area contributed by atoms with Crippen molar-refractivity contribution in [3.05, 3.63) is 107 Å². The van der Waals surface area contributed by atoms with Gasteiger partial charge in [-0.3, -0.25) is 0 Å². The summed E-state index contributed by atoms with van der Waals surface area (Å²) in [5.74, 6) is 6.64. The maximum atomic E-state index is 12.9. The molecule has 1 amide bonds. The summed E-state index contributed by atoms with van der Waals surface area (Å²) in [4.78, 5) is 12.9. The van der Waals surface area contributed by atoms with Crippen molar-refractivity contribution in [1.29, 1.82) is 0 Å². The number of hydrogen-bond donors (Lipinski definition) is 2. The third-order valence-corrected chi connectivity index (χ3v) is 18.5. The third kappa shape index (κ3) is 13.0. The minimum Gasteiger partial charge on any atom is -0.497 e. The van der Waals surface area contributed by atoms with E-state index in [1.165, 1.54) is 83.5 Å². The van der Waals surface area contributed by atoms with Crippen LogP contribution in [0.3, 0.4) is 0 Å². The number of carbonyl (C=O) groups is 1. The predicted octanol–water partition coefficient (Wildman–Crippen LogP) is 15.8. The molecule has 3 aromatic rings. The fourth-order valence-electron chi connectivity index (χ4n) is 14.4. The SMILES string of the molecule is COc1ccc(C(OCCC(O)CCCCCCCCCCCNC(=O)OC2CCC3(C)C(=CCC4C3CC[C@]3(C)C4CCC3[C@@H](C)CCCC(C)C)C2)(c2ccccc2)c2ccc(OC)cc2)cc1. The highest BCUT2D eigenvalue weighted by molar-refractivity contribution is 5.67. The van der Waals surface area contributed by atoms with Crippen LogP contribution in [-0.2, 0) is 15.1 Å². The van der Waals surface area contributed by atoms with Crippen molar-refractivity contribution in [2.75, 3.05) is 27.4 Å². The molecule has 386 valence electrons. The number of nitrogens with one attached hydrogen (secondary N) is 1. The second-order valence-electron chi connectivity index (χ2n) is 23.3. The molecule has 0 aromatic heterocycles. The molecule has 0 spiro atoms. The molecule has 2 N–H and O–H groups in total. The molecular formula is C63H93NO6. The molecule has 4 aliphatic carbocycles. The zero-order chi connectivity index (χ0) is 49.6. The second-order valence-corrected chi connectivity index (χ2v) is 23.3. The number of unbranched alkanes of at least 4 members (excludes halogenated alkanes) is 8. The number of fused-ring (bicyclic) bond motifs is 5. The molecule has 70 heavy (non-hydrogen) atoms. The van der Waals surface area contributed by atoms with Crippen LogP contribution in [0.25, 0.3) is 0 Å². The second kappa shape index (κ2) is 25.7. The van der Waals surface area contributed by atoms with Gasteiger partial charge in [0.25, 0.3) is 0 Å². The van der Waals surface area contributed by atoms with Crippen LogP contribution in [0.2, 0.25) is 0 Å². The summed E-state index contributed by atoms with van der Waals surface area (Å²) in [5.41, 5.74) is 4.52. The fraction of sp³-hybridized carbons (Fsp3) is 0.667. The summed E-state index contributed by atoms with van der Waals surface area (Å²) >= 11 is 0. The van der Waals surface area contributed by atoms with Gasteiger partial charge in [-0.25, -0.2) is 4.79 Å². The van der Waals surface area contributed by atoms with Crippen molar-refractivity contribution in [1.82, 2.24) is 5.32 Å². The minimum absolute atomic E-state index is 0.00580. The monoisotopic (exact) mass is 960 g/mol. The molecule has 0 aliphatic heterocycles. The number of carbonyl (C=O) groups excluding carboxylic acids is 1. The Bertz CT molecular complexity index is 2000. The largest absolute Gasteiger partial charge is 0.497 e. The van der Waals surface area contributed by atoms with E-state index in [1.807, 2.05) is 42.5 Å². The van der Waals surface area contributed by atoms with E-state index < -0.39 is 11.7 Å². The first-order valence-electron chi connectivity index (χ1n) is 28.2. The maximum Gasteiger partial charge on any atom is 0.407 e. The highest BCUT2D eigenvalue weighted by Gasteiger charge is 2.59. The van der Waals surface area contributed by atoms with Gasteiger partial charge in [-0.15, -0.1) is 0 Å². The number of aliphatic hydroxyl groups excluding tert-OH is 1. The summed E-state index contributed by atoms with van der Waals surface area (Å²) in [6.45, 7) is 13.7. The van der Waals surface area contributed by atoms with Crippen LogP contribution in [0.15, 0.2) is 90.5 Å². The number of alkyl carbamates (subject to hydrolysis) is 1. The van der Waals surface area contributed by atoms with Gasteiger partial charge in [0.1, 0.15) is 23.2 Å². The van der Waals surface area contributed by atoms with Crippen molar-refractivity contribution >= 4 is 6.09 Å². The molecule has 7 nitrogen and oxygen atoms in total. The van der Waals surface area contributed by atoms with Crippen LogP contribution in [0.5, 0.6) is 11.5 Å². The Kier molecular flexibility index (Phi) is 19.8. The van der Waals surface area contributed by atoms with Gasteiger partial charge in [-0.05, 0) is 152 Å². The van der Waals surface area contributed by atoms with Crippen LogP contribution in [0.1, 0.15) is 193 Å². The zero-order valence-electron chi connectivity index (χ0n) is 44.7. The number of benzene rings is 3. The number of hydrogen-bond acceptors (Lipinski definition) is 6. The van der Waals surface area contributed by atoms with Crippen LogP contribution < -0.4 is 14.8 Å². The Morgan fingerprint density at radius 3 is 1.93 bits per heavy atom. The fourth-order valence-corrected chi connectivity index (χ4v) is 14.4. The van der Waals surface area contributed by atoms with Gasteiger partial charge >= 0.3 is 6.09 Å². The van der Waals surface area contributed by atoms with E-state index in [1.54, 1.807) is 19.8 Å². The lowest BCUT2D eigenvalue weighted by atomic mass is 9.47. The molecule has 7 heteroatoms. The first kappa shape index (κ1) is 54.0. The minimum atomic E-state index is -0.874. The number of amides is 1. The lowest BCUT2D eigenvalue weighted by Gasteiger charge is -2.58. The molecule has 0 bridgehead atoms. The van der Waals surface area contributed by atoms with Crippen LogP contribution in [0, 0.1) is 46.3 Å². The van der Waals surface area contributed by atoms with Crippen molar-refractivity contribution in [3.8, 4) is 11.5 Å². The third-order valence-electron chi connectivity index (χ3n) is 18.5. The summed E-state index contributed by atoms with van der Waals surface area (Å²) in [6, 6.07) is 26.5. The molecule has 3 fully saturated rings. The number of rotatable bonds is 27. The van der Waals surface area contributed by atoms with E-state index in [4.69, 9.17) is 18.9 Å². The molecule has 0 saturated heterocycles. The lowest BCUT2D eigenvalue weighted by molar-refractivity contribution is -0.0581. The molecule has 3 aromatic carbocycles. The maximum absolute atomic E-state index is 12.9. The summed E-state index contributed by atoms with van der Waals surface area (Å²) < 4.78 is 24.0. The first-order valence-corrected chi connectivity index (χ1v) is 28.2. The van der Waals surface area contributed by atoms with Crippen molar-refractivity contribution in [2.24, 2.45) is 46.3 Å². The molecule has 9 atom stereocenters. The molecule has 7 unspecified atom stereocenters. The number of allylic oxidation sites excluding steroid dienone is 1. The first-order chi connectivity index (χ1) is 33.9. The van der Waals surface area contributed by atoms with E-state index in [-0.39, 0.29) is 17.6 Å². The van der Waals surface area contributed by atoms with Crippen molar-refractivity contribution in [3.63, 3.8) is 0 Å². The number of ether oxygens (including phenoxy) is 4. The van der Waals surface area contributed by atoms with Gasteiger partial charge in [-0.2, -0.15) is 0 Å². The van der Waals surface area contributed by atoms with Crippen LogP contribution in [-0.4, -0.2) is 50.8 Å². The summed E-state index contributed by atoms with van der Waals surface area (Å²) in [5, 5.41) is 14.1. The average Bonchev–Trinajstić information content (AvgIpc) is 3.73. The van der Waals surface area contributed by atoms with Crippen molar-refractivity contribution < 1.29 is 28.8 Å². The topological polar surface area (TPSA) is 86.2 Å². The number of aliphatic hydroxyl groups is 1. The van der Waals surface area contributed by atoms with E-state index in [0.29, 0.717) is 25.0 Å². The van der Waals surface area contributed by atoms with Gasteiger partial charge in [-0.1, -0.05) is 171 Å². The Hall–Kier alpha value is -3.81. The van der Waals surface area contributed by atoms with Gasteiger partial charge in [0.15, 0.2) is 0 Å². The molecule has 0 radical (unpaired) electrons. The normalized spacial score (nSPS) is 26.1. The highest BCUT2D eigenvalue weighted by atomic mass is 16.6. The lowest BCUT2D eigenvalue weighted by Crippen LogP contribution is -2.51. The molecule has 4 aliphatic rings. The van der Waals surface area contributed by atoms with Crippen molar-refractivity contribution in [2.45, 2.75) is 194 Å². The Morgan fingerprint density at radius 1 is 0.686 bits per heavy atom. The van der Waals surface area contributed by atoms with Crippen LogP contribution >= 0.6 is 0 Å². The van der Waals surface area contributed by atoms with Crippen LogP contribution in [0.4, 0.5) is 4.79 Å². The number of methoxy groups -OCH3 is 2. The Labute approximate surface area is 424 Å². The predicted molar refractivity (Wildman–Crippen MR) is 286 cm³/mol. The molecule has 3 saturated carbocycles. The zero-order valence-corrected chi connectivity index (χ0v) is 44.7. The summed E-state index contributed by atoms with van der Waals surface area (Å²) in [6.07, 6.45) is 27.8. The standard InChI is InChI=1S/C63H93NO6/c1-46(2)21-20-22-47(3)57-36-37-58-56-35-30-51-45-55(38-41-61(51,4)59(56)39-42-62(57,58)5)70-60(66)64-43-19-14-12-10-8-9-11-13-18-25-52(65)40-44-69-63(48-23-16-15-17-24-48,49-26-31-53(67-6)32-27-49)50-28-33-54(68-7)34-29-50/h15-17,23-24,26-34,46-47,52,55-59,65H,8-14,18-22,25,35-45H2,1-7H3,(H,64,66)/t47-,52?,55?,56?,57?,58?,59?,61?,62-/m0/s1. The molecule has 7 rings (SSSR count). The van der Waals surface area contributed by atoms with Gasteiger partial charge in [0, 0.05) is 13.0 Å². The van der Waals surface area contributed by atoms with E-state index in [0.717, 1.165) is 115 Å². The average molecular weight is 960 g/mol. The Balaban J connectivity index is 0.743. The van der Waals surface area contributed by atoms with E-state index in [2.05, 4.69) is 82.4 Å². The van der Waals surface area contributed by atoms with E-state index >= 15 is 0 Å². The smallest absolute Gasteiger partial charge is 0.407 e. The highest BCUT2D eigenvalue weighted by Crippen LogP contribution is 2.67. The van der Waals surface area contributed by atoms with Gasteiger partial charge in [0.05, 0.1) is 26.9 Å². The van der Waals surface area contributed by atoms with Gasteiger partial charge in [0.2, 0.25) is 0 Å². The molecule has 0 heterocycles. The quantitative estimate of drug-likeness (QED) is 0.0450.